The molecule has 0 aliphatic carbocycles. The molecule has 5 nitrogen and oxygen atoms in total. The summed E-state index contributed by atoms with van der Waals surface area (Å²) in [5, 5.41) is 5.41. The number of nitrogens with one attached hydrogen (secondary N) is 1. The molecule has 4 rings (SSSR count). The molecule has 1 atom stereocenters. The second-order valence-electron chi connectivity index (χ2n) is 6.89. The molecule has 0 spiro atoms. The van der Waals surface area contributed by atoms with E-state index >= 15 is 0 Å². The maximum absolute atomic E-state index is 12.3. The van der Waals surface area contributed by atoms with Crippen molar-refractivity contribution in [2.75, 3.05) is 32.9 Å². The molecule has 25 heavy (non-hydrogen) atoms. The zero-order chi connectivity index (χ0) is 17.1. The molecule has 0 saturated carbocycles. The van der Waals surface area contributed by atoms with Gasteiger partial charge in [-0.05, 0) is 22.8 Å². The smallest absolute Gasteiger partial charge is 0.317 e. The summed E-state index contributed by atoms with van der Waals surface area (Å²) in [6.07, 6.45) is 1.26. The van der Waals surface area contributed by atoms with Gasteiger partial charge in [-0.2, -0.15) is 0 Å². The molecule has 1 unspecified atom stereocenters. The van der Waals surface area contributed by atoms with Gasteiger partial charge in [-0.15, -0.1) is 0 Å². The van der Waals surface area contributed by atoms with Crippen LogP contribution in [-0.2, 0) is 16.0 Å². The van der Waals surface area contributed by atoms with E-state index in [9.17, 15) is 4.79 Å². The fourth-order valence-corrected chi connectivity index (χ4v) is 3.43. The Morgan fingerprint density at radius 1 is 1.20 bits per heavy atom. The molecule has 1 N–H and O–H groups in total. The van der Waals surface area contributed by atoms with Crippen LogP contribution in [0, 0.1) is 5.92 Å². The number of hydrogen-bond donors (Lipinski definition) is 1. The van der Waals surface area contributed by atoms with Crippen LogP contribution in [0.15, 0.2) is 42.5 Å². The Morgan fingerprint density at radius 3 is 2.88 bits per heavy atom. The zero-order valence-corrected chi connectivity index (χ0v) is 14.3. The van der Waals surface area contributed by atoms with E-state index in [0.29, 0.717) is 25.6 Å². The number of benzene rings is 2. The van der Waals surface area contributed by atoms with Crippen molar-refractivity contribution in [2.24, 2.45) is 5.92 Å². The summed E-state index contributed by atoms with van der Waals surface area (Å²) in [5.41, 5.74) is 1.14. The lowest BCUT2D eigenvalue weighted by Gasteiger charge is -2.39. The molecule has 2 amide bonds. The number of fused-ring (bicyclic) bond motifs is 1. The molecule has 0 bridgehead atoms. The van der Waals surface area contributed by atoms with Crippen LogP contribution in [0.4, 0.5) is 4.79 Å². The predicted octanol–water partition coefficient (Wildman–Crippen LogP) is 2.79. The van der Waals surface area contributed by atoms with Gasteiger partial charge >= 0.3 is 6.03 Å². The summed E-state index contributed by atoms with van der Waals surface area (Å²) < 4.78 is 11.2. The van der Waals surface area contributed by atoms with Crippen LogP contribution < -0.4 is 5.32 Å². The number of ether oxygens (including phenoxy) is 2. The summed E-state index contributed by atoms with van der Waals surface area (Å²) in [6.45, 7) is 4.30. The number of amides is 2. The topological polar surface area (TPSA) is 50.8 Å². The third-order valence-electron chi connectivity index (χ3n) is 5.04. The van der Waals surface area contributed by atoms with Crippen LogP contribution in [0.25, 0.3) is 10.8 Å². The Morgan fingerprint density at radius 2 is 2.04 bits per heavy atom. The van der Waals surface area contributed by atoms with Gasteiger partial charge in [0.2, 0.25) is 0 Å². The van der Waals surface area contributed by atoms with Crippen molar-refractivity contribution in [3.63, 3.8) is 0 Å². The second-order valence-corrected chi connectivity index (χ2v) is 6.89. The van der Waals surface area contributed by atoms with E-state index < -0.39 is 0 Å². The van der Waals surface area contributed by atoms with E-state index in [0.717, 1.165) is 31.8 Å². The van der Waals surface area contributed by atoms with Gasteiger partial charge in [0.15, 0.2) is 0 Å². The first kappa shape index (κ1) is 16.4. The number of rotatable bonds is 5. The van der Waals surface area contributed by atoms with Crippen LogP contribution in [0.2, 0.25) is 0 Å². The van der Waals surface area contributed by atoms with Crippen LogP contribution in [0.3, 0.4) is 0 Å². The summed E-state index contributed by atoms with van der Waals surface area (Å²) in [7, 11) is 0. The Hall–Kier alpha value is -2.11. The fraction of sp³-hybridized carbons (Fsp3) is 0.450. The SMILES string of the molecule is O=C(NCc1cccc2ccccc12)N1CC(OCC2CCOC2)C1. The van der Waals surface area contributed by atoms with Crippen molar-refractivity contribution in [2.45, 2.75) is 19.1 Å². The van der Waals surface area contributed by atoms with E-state index in [1.165, 1.54) is 10.8 Å². The lowest BCUT2D eigenvalue weighted by molar-refractivity contribution is -0.0487. The molecule has 0 radical (unpaired) electrons. The highest BCUT2D eigenvalue weighted by Crippen LogP contribution is 2.19. The van der Waals surface area contributed by atoms with E-state index in [2.05, 4.69) is 29.6 Å². The maximum atomic E-state index is 12.3. The molecule has 2 aliphatic rings. The van der Waals surface area contributed by atoms with Crippen LogP contribution in [0.1, 0.15) is 12.0 Å². The Kier molecular flexibility index (Phi) is 4.85. The van der Waals surface area contributed by atoms with Gasteiger partial charge in [0.05, 0.1) is 32.4 Å². The van der Waals surface area contributed by atoms with Crippen molar-refractivity contribution in [3.05, 3.63) is 48.0 Å². The molecule has 2 aromatic rings. The second kappa shape index (κ2) is 7.42. The summed E-state index contributed by atoms with van der Waals surface area (Å²) in [4.78, 5) is 14.1. The minimum atomic E-state index is -0.0167. The normalized spacial score (nSPS) is 20.6. The largest absolute Gasteiger partial charge is 0.381 e. The molecule has 2 saturated heterocycles. The highest BCUT2D eigenvalue weighted by Gasteiger charge is 2.32. The van der Waals surface area contributed by atoms with Gasteiger partial charge in [0, 0.05) is 19.1 Å². The minimum Gasteiger partial charge on any atom is -0.381 e. The van der Waals surface area contributed by atoms with E-state index in [-0.39, 0.29) is 12.1 Å². The van der Waals surface area contributed by atoms with Crippen molar-refractivity contribution in [1.82, 2.24) is 10.2 Å². The average Bonchev–Trinajstić information content (AvgIpc) is 3.12. The molecule has 5 heteroatoms. The highest BCUT2D eigenvalue weighted by molar-refractivity contribution is 5.86. The quantitative estimate of drug-likeness (QED) is 0.911. The minimum absolute atomic E-state index is 0.0167. The number of nitrogens with zero attached hydrogens (tertiary/aromatic N) is 1. The Balaban J connectivity index is 1.23. The molecule has 0 aromatic heterocycles. The van der Waals surface area contributed by atoms with Crippen molar-refractivity contribution in [3.8, 4) is 0 Å². The molecule has 132 valence electrons. The number of carbonyl (C=O) groups excluding carboxylic acids is 1. The van der Waals surface area contributed by atoms with Crippen molar-refractivity contribution in [1.29, 1.82) is 0 Å². The number of carbonyl (C=O) groups is 1. The molecular weight excluding hydrogens is 316 g/mol. The first-order chi connectivity index (χ1) is 12.3. The molecule has 2 aliphatic heterocycles. The first-order valence-electron chi connectivity index (χ1n) is 8.98. The van der Waals surface area contributed by atoms with E-state index in [4.69, 9.17) is 9.47 Å². The van der Waals surface area contributed by atoms with Gasteiger partial charge in [-0.1, -0.05) is 42.5 Å². The van der Waals surface area contributed by atoms with Crippen LogP contribution in [0.5, 0.6) is 0 Å². The van der Waals surface area contributed by atoms with Gasteiger partial charge in [-0.3, -0.25) is 0 Å². The van der Waals surface area contributed by atoms with E-state index in [1.807, 2.05) is 18.2 Å². The molecular formula is C20H24N2O3. The lowest BCUT2D eigenvalue weighted by Crippen LogP contribution is -2.57. The number of urea groups is 1. The summed E-state index contributed by atoms with van der Waals surface area (Å²) >= 11 is 0. The number of hydrogen-bond acceptors (Lipinski definition) is 3. The summed E-state index contributed by atoms with van der Waals surface area (Å²) in [6, 6.07) is 14.4. The highest BCUT2D eigenvalue weighted by atomic mass is 16.5. The molecule has 2 aromatic carbocycles. The molecule has 2 fully saturated rings. The average molecular weight is 340 g/mol. The van der Waals surface area contributed by atoms with Gasteiger partial charge in [0.25, 0.3) is 0 Å². The van der Waals surface area contributed by atoms with Crippen molar-refractivity contribution < 1.29 is 14.3 Å². The standard InChI is InChI=1S/C20H24N2O3/c23-20(22-11-18(12-22)25-14-15-8-9-24-13-15)21-10-17-6-3-5-16-4-1-2-7-19(16)17/h1-7,15,18H,8-14H2,(H,21,23). The van der Waals surface area contributed by atoms with Crippen LogP contribution >= 0.6 is 0 Å². The monoisotopic (exact) mass is 340 g/mol. The summed E-state index contributed by atoms with van der Waals surface area (Å²) in [5.74, 6) is 0.522. The molecule has 2 heterocycles. The first-order valence-corrected chi connectivity index (χ1v) is 8.98. The third-order valence-corrected chi connectivity index (χ3v) is 5.04. The third kappa shape index (κ3) is 3.78. The number of likely N-dealkylation sites (tertiary alicyclic amines) is 1. The zero-order valence-electron chi connectivity index (χ0n) is 14.3. The van der Waals surface area contributed by atoms with E-state index in [1.54, 1.807) is 4.90 Å². The Bertz CT molecular complexity index is 731. The van der Waals surface area contributed by atoms with Crippen LogP contribution in [-0.4, -0.2) is 49.9 Å². The van der Waals surface area contributed by atoms with Gasteiger partial charge in [-0.25, -0.2) is 4.79 Å². The van der Waals surface area contributed by atoms with Gasteiger partial charge in [0.1, 0.15) is 0 Å². The van der Waals surface area contributed by atoms with Crippen molar-refractivity contribution >= 4 is 16.8 Å². The maximum Gasteiger partial charge on any atom is 0.317 e. The predicted molar refractivity (Wildman–Crippen MR) is 96.4 cm³/mol. The fourth-order valence-electron chi connectivity index (χ4n) is 3.43. The lowest BCUT2D eigenvalue weighted by atomic mass is 10.0. The Labute approximate surface area is 147 Å². The van der Waals surface area contributed by atoms with Gasteiger partial charge < -0.3 is 19.7 Å².